The quantitative estimate of drug-likeness (QED) is 0.914. The molecule has 1 atom stereocenters. The SMILES string of the molecule is COc1ccc(NC(=O)N2C[C@@H]3CCCN3c3ccccc32)c(OC)c1. The van der Waals surface area contributed by atoms with Crippen molar-refractivity contribution in [1.29, 1.82) is 0 Å². The number of benzene rings is 2. The first-order chi connectivity index (χ1) is 12.7. The zero-order valence-corrected chi connectivity index (χ0v) is 15.1. The Kier molecular flexibility index (Phi) is 4.32. The van der Waals surface area contributed by atoms with Crippen LogP contribution in [0.3, 0.4) is 0 Å². The molecular weight excluding hydrogens is 330 g/mol. The van der Waals surface area contributed by atoms with Gasteiger partial charge in [0.15, 0.2) is 0 Å². The van der Waals surface area contributed by atoms with Gasteiger partial charge in [-0.3, -0.25) is 4.90 Å². The number of nitrogens with one attached hydrogen (secondary N) is 1. The first-order valence-corrected chi connectivity index (χ1v) is 8.87. The van der Waals surface area contributed by atoms with Crippen LogP contribution in [-0.2, 0) is 0 Å². The summed E-state index contributed by atoms with van der Waals surface area (Å²) in [4.78, 5) is 17.3. The second-order valence-corrected chi connectivity index (χ2v) is 6.59. The predicted molar refractivity (Wildman–Crippen MR) is 103 cm³/mol. The summed E-state index contributed by atoms with van der Waals surface area (Å²) in [6.45, 7) is 1.75. The Bertz CT molecular complexity index is 824. The van der Waals surface area contributed by atoms with Crippen LogP contribution in [-0.4, -0.2) is 39.4 Å². The molecule has 2 amide bonds. The molecule has 2 aliphatic heterocycles. The van der Waals surface area contributed by atoms with Crippen molar-refractivity contribution < 1.29 is 14.3 Å². The Morgan fingerprint density at radius 2 is 1.92 bits per heavy atom. The van der Waals surface area contributed by atoms with E-state index in [1.54, 1.807) is 32.4 Å². The molecule has 0 saturated carbocycles. The Balaban J connectivity index is 1.62. The molecule has 2 heterocycles. The number of carbonyl (C=O) groups excluding carboxylic acids is 1. The standard InChI is InChI=1S/C20H23N3O3/c1-25-15-9-10-16(19(12-15)26-2)21-20(24)23-13-14-6-5-11-22(14)17-7-3-4-8-18(17)23/h3-4,7-10,12,14H,5-6,11,13H2,1-2H3,(H,21,24)/t14-/m0/s1. The number of hydrogen-bond donors (Lipinski definition) is 1. The highest BCUT2D eigenvalue weighted by molar-refractivity contribution is 6.05. The maximum absolute atomic E-state index is 13.1. The van der Waals surface area contributed by atoms with Crippen molar-refractivity contribution in [3.63, 3.8) is 0 Å². The zero-order valence-electron chi connectivity index (χ0n) is 15.1. The van der Waals surface area contributed by atoms with Crippen molar-refractivity contribution in [2.75, 3.05) is 42.4 Å². The lowest BCUT2D eigenvalue weighted by atomic mass is 10.1. The van der Waals surface area contributed by atoms with Gasteiger partial charge in [-0.15, -0.1) is 0 Å². The molecule has 1 fully saturated rings. The van der Waals surface area contributed by atoms with Crippen LogP contribution in [0.4, 0.5) is 21.9 Å². The van der Waals surface area contributed by atoms with E-state index < -0.39 is 0 Å². The molecule has 136 valence electrons. The second kappa shape index (κ2) is 6.78. The van der Waals surface area contributed by atoms with E-state index in [4.69, 9.17) is 9.47 Å². The number of amides is 2. The molecule has 2 aromatic carbocycles. The van der Waals surface area contributed by atoms with Gasteiger partial charge in [0.1, 0.15) is 11.5 Å². The summed E-state index contributed by atoms with van der Waals surface area (Å²) in [5, 5.41) is 2.99. The molecule has 0 unspecified atom stereocenters. The van der Waals surface area contributed by atoms with Crippen LogP contribution in [0.5, 0.6) is 11.5 Å². The van der Waals surface area contributed by atoms with E-state index in [-0.39, 0.29) is 6.03 Å². The van der Waals surface area contributed by atoms with E-state index in [2.05, 4.69) is 16.3 Å². The summed E-state index contributed by atoms with van der Waals surface area (Å²) < 4.78 is 10.6. The largest absolute Gasteiger partial charge is 0.497 e. The van der Waals surface area contributed by atoms with Gasteiger partial charge in [-0.25, -0.2) is 4.79 Å². The van der Waals surface area contributed by atoms with Gasteiger partial charge in [0.25, 0.3) is 0 Å². The number of fused-ring (bicyclic) bond motifs is 3. The first kappa shape index (κ1) is 16.6. The number of urea groups is 1. The van der Waals surface area contributed by atoms with Gasteiger partial charge in [0, 0.05) is 25.2 Å². The monoisotopic (exact) mass is 353 g/mol. The molecule has 1 saturated heterocycles. The van der Waals surface area contributed by atoms with Crippen molar-refractivity contribution in [2.24, 2.45) is 0 Å². The molecule has 0 bridgehead atoms. The minimum absolute atomic E-state index is 0.146. The molecule has 0 spiro atoms. The lowest BCUT2D eigenvalue weighted by molar-refractivity contribution is 0.256. The highest BCUT2D eigenvalue weighted by Crippen LogP contribution is 2.39. The molecule has 26 heavy (non-hydrogen) atoms. The summed E-state index contributed by atoms with van der Waals surface area (Å²) >= 11 is 0. The van der Waals surface area contributed by atoms with Gasteiger partial charge in [0.2, 0.25) is 0 Å². The van der Waals surface area contributed by atoms with E-state index >= 15 is 0 Å². The molecule has 1 N–H and O–H groups in total. The normalized spacial score (nSPS) is 18.2. The van der Waals surface area contributed by atoms with Crippen LogP contribution >= 0.6 is 0 Å². The summed E-state index contributed by atoms with van der Waals surface area (Å²) in [6.07, 6.45) is 2.28. The van der Waals surface area contributed by atoms with Crippen LogP contribution < -0.4 is 24.6 Å². The number of ether oxygens (including phenoxy) is 2. The number of hydrogen-bond acceptors (Lipinski definition) is 4. The molecule has 0 radical (unpaired) electrons. The van der Waals surface area contributed by atoms with Crippen LogP contribution in [0.15, 0.2) is 42.5 Å². The molecule has 4 rings (SSSR count). The van der Waals surface area contributed by atoms with E-state index in [0.717, 1.165) is 24.3 Å². The van der Waals surface area contributed by atoms with E-state index in [1.165, 1.54) is 6.42 Å². The maximum atomic E-state index is 13.1. The molecule has 0 aliphatic carbocycles. The Morgan fingerprint density at radius 3 is 2.69 bits per heavy atom. The zero-order chi connectivity index (χ0) is 18.1. The Morgan fingerprint density at radius 1 is 1.12 bits per heavy atom. The summed E-state index contributed by atoms with van der Waals surface area (Å²) in [5.41, 5.74) is 2.72. The van der Waals surface area contributed by atoms with Gasteiger partial charge in [-0.05, 0) is 37.1 Å². The number of methoxy groups -OCH3 is 2. The topological polar surface area (TPSA) is 54.0 Å². The van der Waals surface area contributed by atoms with Crippen molar-refractivity contribution in [3.8, 4) is 11.5 Å². The molecule has 2 aromatic rings. The third kappa shape index (κ3) is 2.81. The minimum Gasteiger partial charge on any atom is -0.497 e. The van der Waals surface area contributed by atoms with E-state index in [1.807, 2.05) is 23.1 Å². The third-order valence-electron chi connectivity index (χ3n) is 5.15. The molecule has 6 nitrogen and oxygen atoms in total. The van der Waals surface area contributed by atoms with Gasteiger partial charge >= 0.3 is 6.03 Å². The fourth-order valence-corrected chi connectivity index (χ4v) is 3.86. The lowest BCUT2D eigenvalue weighted by Gasteiger charge is -2.40. The summed E-state index contributed by atoms with van der Waals surface area (Å²) in [6, 6.07) is 13.7. The molecule has 6 heteroatoms. The highest BCUT2D eigenvalue weighted by Gasteiger charge is 2.36. The fourth-order valence-electron chi connectivity index (χ4n) is 3.86. The second-order valence-electron chi connectivity index (χ2n) is 6.59. The minimum atomic E-state index is -0.146. The Labute approximate surface area is 153 Å². The van der Waals surface area contributed by atoms with Gasteiger partial charge in [-0.1, -0.05) is 12.1 Å². The van der Waals surface area contributed by atoms with Crippen LogP contribution in [0.2, 0.25) is 0 Å². The first-order valence-electron chi connectivity index (χ1n) is 8.87. The average Bonchev–Trinajstić information content (AvgIpc) is 3.16. The van der Waals surface area contributed by atoms with Gasteiger partial charge in [-0.2, -0.15) is 0 Å². The molecular formula is C20H23N3O3. The number of nitrogens with zero attached hydrogens (tertiary/aromatic N) is 2. The van der Waals surface area contributed by atoms with Crippen LogP contribution in [0.25, 0.3) is 0 Å². The van der Waals surface area contributed by atoms with Gasteiger partial charge in [0.05, 0.1) is 31.3 Å². The Hall–Kier alpha value is -2.89. The van der Waals surface area contributed by atoms with Crippen molar-refractivity contribution in [1.82, 2.24) is 0 Å². The van der Waals surface area contributed by atoms with Crippen molar-refractivity contribution >= 4 is 23.1 Å². The average molecular weight is 353 g/mol. The van der Waals surface area contributed by atoms with Crippen LogP contribution in [0.1, 0.15) is 12.8 Å². The lowest BCUT2D eigenvalue weighted by Crippen LogP contribution is -2.49. The molecule has 0 aromatic heterocycles. The van der Waals surface area contributed by atoms with Crippen molar-refractivity contribution in [3.05, 3.63) is 42.5 Å². The molecule has 2 aliphatic rings. The third-order valence-corrected chi connectivity index (χ3v) is 5.15. The summed E-state index contributed by atoms with van der Waals surface area (Å²) in [7, 11) is 3.18. The number of carbonyl (C=O) groups is 1. The van der Waals surface area contributed by atoms with E-state index in [0.29, 0.717) is 29.8 Å². The summed E-state index contributed by atoms with van der Waals surface area (Å²) in [5.74, 6) is 1.26. The van der Waals surface area contributed by atoms with E-state index in [9.17, 15) is 4.79 Å². The van der Waals surface area contributed by atoms with Gasteiger partial charge < -0.3 is 19.7 Å². The van der Waals surface area contributed by atoms with Crippen LogP contribution in [0, 0.1) is 0 Å². The maximum Gasteiger partial charge on any atom is 0.326 e. The highest BCUT2D eigenvalue weighted by atomic mass is 16.5. The van der Waals surface area contributed by atoms with Crippen molar-refractivity contribution in [2.45, 2.75) is 18.9 Å². The number of rotatable bonds is 3. The smallest absolute Gasteiger partial charge is 0.326 e. The predicted octanol–water partition coefficient (Wildman–Crippen LogP) is 3.72. The fraction of sp³-hybridized carbons (Fsp3) is 0.350. The number of para-hydroxylation sites is 2. The number of anilines is 3.